The molecule has 0 fully saturated rings. The number of carboxylic acids is 1. The van der Waals surface area contributed by atoms with Gasteiger partial charge in [0.05, 0.1) is 0 Å². The minimum Gasteiger partial charge on any atom is -0.480 e. The summed E-state index contributed by atoms with van der Waals surface area (Å²) in [6, 6.07) is -2.38. The second kappa shape index (κ2) is 2.91. The van der Waals surface area contributed by atoms with Gasteiger partial charge in [0.1, 0.15) is 6.04 Å². The van der Waals surface area contributed by atoms with Gasteiger partial charge in [0.25, 0.3) is 0 Å². The van der Waals surface area contributed by atoms with Crippen molar-refractivity contribution in [2.45, 2.75) is 24.7 Å². The van der Waals surface area contributed by atoms with Gasteiger partial charge in [-0.3, -0.25) is 4.79 Å². The Kier molecular flexibility index (Phi) is 2.71. The van der Waals surface area contributed by atoms with E-state index in [9.17, 15) is 18.0 Å². The number of nitrogens with two attached hydrogens (primary N) is 1. The summed E-state index contributed by atoms with van der Waals surface area (Å²) in [5.41, 5.74) is 1.21. The van der Waals surface area contributed by atoms with Gasteiger partial charge in [-0.2, -0.15) is 13.2 Å². The molecule has 0 aliphatic heterocycles. The second-order valence-corrected chi connectivity index (χ2v) is 2.46. The van der Waals surface area contributed by atoms with E-state index in [0.29, 0.717) is 6.92 Å². The topological polar surface area (TPSA) is 83.5 Å². The molecule has 0 saturated heterocycles. The van der Waals surface area contributed by atoms with Crippen molar-refractivity contribution < 1.29 is 28.2 Å². The molecule has 2 atom stereocenters. The molecule has 0 aromatic carbocycles. The zero-order chi connectivity index (χ0) is 10.2. The van der Waals surface area contributed by atoms with E-state index in [0.717, 1.165) is 0 Å². The lowest BCUT2D eigenvalue weighted by Crippen LogP contribution is -2.59. The molecule has 0 bridgehead atoms. The third kappa shape index (κ3) is 1.86. The smallest absolute Gasteiger partial charge is 0.419 e. The highest BCUT2D eigenvalue weighted by Crippen LogP contribution is 2.31. The molecule has 0 heterocycles. The van der Waals surface area contributed by atoms with Crippen molar-refractivity contribution in [1.82, 2.24) is 0 Å². The van der Waals surface area contributed by atoms with E-state index < -0.39 is 23.8 Å². The fourth-order valence-electron chi connectivity index (χ4n) is 0.417. The van der Waals surface area contributed by atoms with Gasteiger partial charge in [0.2, 0.25) is 0 Å². The van der Waals surface area contributed by atoms with E-state index in [1.165, 1.54) is 0 Å². The predicted octanol–water partition coefficient (Wildman–Crippen LogP) is -0.288. The molecule has 4 nitrogen and oxygen atoms in total. The Morgan fingerprint density at radius 3 is 1.92 bits per heavy atom. The number of aliphatic hydroxyl groups is 1. The van der Waals surface area contributed by atoms with Crippen molar-refractivity contribution in [2.75, 3.05) is 0 Å². The first-order valence-electron chi connectivity index (χ1n) is 2.88. The fraction of sp³-hybridized carbons (Fsp3) is 0.800. The van der Waals surface area contributed by atoms with Crippen LogP contribution in [0.5, 0.6) is 0 Å². The molecular weight excluding hydrogens is 179 g/mol. The lowest BCUT2D eigenvalue weighted by Gasteiger charge is -2.29. The van der Waals surface area contributed by atoms with E-state index in [4.69, 9.17) is 10.2 Å². The maximum absolute atomic E-state index is 11.9. The summed E-state index contributed by atoms with van der Waals surface area (Å²) >= 11 is 0. The quantitative estimate of drug-likeness (QED) is 0.554. The molecule has 0 aromatic heterocycles. The number of aliphatic carboxylic acids is 1. The number of rotatable bonds is 2. The summed E-state index contributed by atoms with van der Waals surface area (Å²) in [6.45, 7) is 0.311. The molecule has 12 heavy (non-hydrogen) atoms. The highest BCUT2D eigenvalue weighted by molar-refractivity contribution is 5.74. The summed E-state index contributed by atoms with van der Waals surface area (Å²) in [7, 11) is 0. The molecular formula is C5H8F3NO3. The van der Waals surface area contributed by atoms with E-state index in [2.05, 4.69) is 5.73 Å². The average Bonchev–Trinajstić information content (AvgIpc) is 1.83. The van der Waals surface area contributed by atoms with Crippen molar-refractivity contribution >= 4 is 5.97 Å². The van der Waals surface area contributed by atoms with E-state index in [1.807, 2.05) is 0 Å². The predicted molar refractivity (Wildman–Crippen MR) is 32.3 cm³/mol. The van der Waals surface area contributed by atoms with Crippen LogP contribution in [-0.2, 0) is 4.79 Å². The summed E-state index contributed by atoms with van der Waals surface area (Å²) in [6.07, 6.45) is -5.05. The molecule has 0 aliphatic carbocycles. The van der Waals surface area contributed by atoms with Gasteiger partial charge in [-0.05, 0) is 6.92 Å². The fourth-order valence-corrected chi connectivity index (χ4v) is 0.417. The van der Waals surface area contributed by atoms with Crippen LogP contribution in [0.2, 0.25) is 0 Å². The van der Waals surface area contributed by atoms with Crippen molar-refractivity contribution in [3.8, 4) is 0 Å². The molecule has 72 valence electrons. The number of carboxylic acid groups (broad SMARTS) is 1. The first kappa shape index (κ1) is 11.2. The maximum Gasteiger partial charge on any atom is 0.419 e. The van der Waals surface area contributed by atoms with Gasteiger partial charge in [-0.25, -0.2) is 0 Å². The Bertz CT molecular complexity index is 189. The number of hydrogen-bond donors (Lipinski definition) is 3. The molecule has 0 saturated carbocycles. The van der Waals surface area contributed by atoms with Crippen molar-refractivity contribution in [3.63, 3.8) is 0 Å². The summed E-state index contributed by atoms with van der Waals surface area (Å²) < 4.78 is 35.6. The van der Waals surface area contributed by atoms with E-state index >= 15 is 0 Å². The minimum absolute atomic E-state index is 0.311. The van der Waals surface area contributed by atoms with Crippen LogP contribution in [0.25, 0.3) is 0 Å². The van der Waals surface area contributed by atoms with Gasteiger partial charge < -0.3 is 15.9 Å². The first-order valence-corrected chi connectivity index (χ1v) is 2.88. The van der Waals surface area contributed by atoms with E-state index in [1.54, 1.807) is 0 Å². The van der Waals surface area contributed by atoms with Gasteiger partial charge >= 0.3 is 12.1 Å². The minimum atomic E-state index is -5.05. The Hall–Kier alpha value is -0.820. The standard InChI is InChI=1S/C5H8F3NO3/c1-4(12,5(6,7)8)2(9)3(10)11/h2,12H,9H2,1H3,(H,10,11)/t2-,4?/m1/s1. The van der Waals surface area contributed by atoms with Crippen LogP contribution in [0.3, 0.4) is 0 Å². The molecule has 0 spiro atoms. The average molecular weight is 187 g/mol. The normalized spacial score (nSPS) is 19.8. The van der Waals surface area contributed by atoms with Crippen molar-refractivity contribution in [2.24, 2.45) is 5.73 Å². The zero-order valence-corrected chi connectivity index (χ0v) is 6.09. The SMILES string of the molecule is CC(O)([C@H](N)C(=O)O)C(F)(F)F. The first-order chi connectivity index (χ1) is 5.10. The van der Waals surface area contributed by atoms with Crippen LogP contribution in [0.15, 0.2) is 0 Å². The van der Waals surface area contributed by atoms with Crippen LogP contribution in [0.1, 0.15) is 6.92 Å². The molecule has 0 radical (unpaired) electrons. The molecule has 1 unspecified atom stereocenters. The van der Waals surface area contributed by atoms with Crippen LogP contribution >= 0.6 is 0 Å². The molecule has 7 heteroatoms. The number of alkyl halides is 3. The summed E-state index contributed by atoms with van der Waals surface area (Å²) in [5.74, 6) is -1.91. The lowest BCUT2D eigenvalue weighted by atomic mass is 9.97. The Balaban J connectivity index is 4.73. The molecule has 0 aliphatic rings. The highest BCUT2D eigenvalue weighted by Gasteiger charge is 2.56. The highest BCUT2D eigenvalue weighted by atomic mass is 19.4. The van der Waals surface area contributed by atoms with Gasteiger partial charge in [0.15, 0.2) is 5.60 Å². The molecule has 0 amide bonds. The van der Waals surface area contributed by atoms with Crippen LogP contribution in [0.4, 0.5) is 13.2 Å². The Labute approximate surface area is 65.8 Å². The third-order valence-electron chi connectivity index (χ3n) is 1.45. The Morgan fingerprint density at radius 2 is 1.83 bits per heavy atom. The summed E-state index contributed by atoms with van der Waals surface area (Å²) in [5, 5.41) is 16.8. The maximum atomic E-state index is 11.9. The van der Waals surface area contributed by atoms with Gasteiger partial charge in [-0.15, -0.1) is 0 Å². The number of carbonyl (C=O) groups is 1. The van der Waals surface area contributed by atoms with Crippen molar-refractivity contribution in [1.29, 1.82) is 0 Å². The largest absolute Gasteiger partial charge is 0.480 e. The molecule has 4 N–H and O–H groups in total. The third-order valence-corrected chi connectivity index (χ3v) is 1.45. The van der Waals surface area contributed by atoms with Crippen LogP contribution in [-0.4, -0.2) is 34.0 Å². The van der Waals surface area contributed by atoms with Gasteiger partial charge in [0, 0.05) is 0 Å². The van der Waals surface area contributed by atoms with Gasteiger partial charge in [-0.1, -0.05) is 0 Å². The van der Waals surface area contributed by atoms with E-state index in [-0.39, 0.29) is 0 Å². The summed E-state index contributed by atoms with van der Waals surface area (Å²) in [4.78, 5) is 10.0. The Morgan fingerprint density at radius 1 is 1.50 bits per heavy atom. The second-order valence-electron chi connectivity index (χ2n) is 2.46. The monoisotopic (exact) mass is 187 g/mol. The zero-order valence-electron chi connectivity index (χ0n) is 6.09. The molecule has 0 rings (SSSR count). The van der Waals surface area contributed by atoms with Crippen LogP contribution < -0.4 is 5.73 Å². The lowest BCUT2D eigenvalue weighted by molar-refractivity contribution is -0.260. The van der Waals surface area contributed by atoms with Crippen LogP contribution in [0, 0.1) is 0 Å². The molecule has 0 aromatic rings. The van der Waals surface area contributed by atoms with Crippen molar-refractivity contribution in [3.05, 3.63) is 0 Å². The number of hydrogen-bond acceptors (Lipinski definition) is 3. The number of halogens is 3.